The molecule has 0 aliphatic carbocycles. The van der Waals surface area contributed by atoms with Gasteiger partial charge in [-0.15, -0.1) is 0 Å². The minimum atomic E-state index is 0.653. The molecule has 13 heavy (non-hydrogen) atoms. The number of aryl methyl sites for hydroxylation is 1. The monoisotopic (exact) mass is 176 g/mol. The third-order valence-electron chi connectivity index (χ3n) is 1.96. The number of H-pyrrole nitrogens is 1. The first-order chi connectivity index (χ1) is 6.31. The maximum atomic E-state index is 5.38. The molecular weight excluding hydrogens is 164 g/mol. The molecule has 0 amide bonds. The van der Waals surface area contributed by atoms with Crippen molar-refractivity contribution in [3.05, 3.63) is 23.9 Å². The Labute approximate surface area is 76.8 Å². The molecule has 0 fully saturated rings. The highest BCUT2D eigenvalue weighted by atomic mass is 16.5. The van der Waals surface area contributed by atoms with Gasteiger partial charge < -0.3 is 9.72 Å². The van der Waals surface area contributed by atoms with E-state index in [0.29, 0.717) is 6.61 Å². The van der Waals surface area contributed by atoms with Crippen LogP contribution < -0.4 is 4.74 Å². The van der Waals surface area contributed by atoms with E-state index in [-0.39, 0.29) is 0 Å². The van der Waals surface area contributed by atoms with E-state index >= 15 is 0 Å². The van der Waals surface area contributed by atoms with Crippen LogP contribution in [0.3, 0.4) is 0 Å². The largest absolute Gasteiger partial charge is 0.478 e. The average molecular weight is 176 g/mol. The standard InChI is InChI=1S/C10H12N2O/c1-3-13-10-7(2)6-8-4-5-11-9(8)12-10/h4-6H,3H2,1-2H3,(H,11,12). The summed E-state index contributed by atoms with van der Waals surface area (Å²) >= 11 is 0. The van der Waals surface area contributed by atoms with E-state index in [4.69, 9.17) is 4.74 Å². The summed E-state index contributed by atoms with van der Waals surface area (Å²) in [7, 11) is 0. The number of hydrogen-bond acceptors (Lipinski definition) is 2. The maximum absolute atomic E-state index is 5.38. The Morgan fingerprint density at radius 2 is 2.38 bits per heavy atom. The molecule has 2 rings (SSSR count). The Morgan fingerprint density at radius 1 is 1.54 bits per heavy atom. The van der Waals surface area contributed by atoms with Gasteiger partial charge in [-0.2, -0.15) is 4.98 Å². The van der Waals surface area contributed by atoms with Crippen LogP contribution in [0, 0.1) is 6.92 Å². The van der Waals surface area contributed by atoms with E-state index in [9.17, 15) is 0 Å². The summed E-state index contributed by atoms with van der Waals surface area (Å²) in [6, 6.07) is 4.08. The fourth-order valence-corrected chi connectivity index (χ4v) is 1.35. The van der Waals surface area contributed by atoms with Crippen molar-refractivity contribution < 1.29 is 4.74 Å². The van der Waals surface area contributed by atoms with Crippen molar-refractivity contribution in [2.45, 2.75) is 13.8 Å². The van der Waals surface area contributed by atoms with E-state index < -0.39 is 0 Å². The molecule has 0 unspecified atom stereocenters. The summed E-state index contributed by atoms with van der Waals surface area (Å²) < 4.78 is 5.38. The Balaban J connectivity index is 2.56. The lowest BCUT2D eigenvalue weighted by molar-refractivity contribution is 0.325. The van der Waals surface area contributed by atoms with Crippen molar-refractivity contribution in [1.29, 1.82) is 0 Å². The lowest BCUT2D eigenvalue weighted by Crippen LogP contribution is -1.96. The third-order valence-corrected chi connectivity index (χ3v) is 1.96. The zero-order chi connectivity index (χ0) is 9.26. The predicted octanol–water partition coefficient (Wildman–Crippen LogP) is 2.27. The summed E-state index contributed by atoms with van der Waals surface area (Å²) in [6.07, 6.45) is 1.88. The number of nitrogens with one attached hydrogen (secondary N) is 1. The normalized spacial score (nSPS) is 10.6. The Kier molecular flexibility index (Phi) is 1.93. The first-order valence-corrected chi connectivity index (χ1v) is 4.39. The number of aromatic nitrogens is 2. The number of fused-ring (bicyclic) bond motifs is 1. The lowest BCUT2D eigenvalue weighted by atomic mass is 10.2. The molecule has 0 saturated carbocycles. The molecule has 0 saturated heterocycles. The first kappa shape index (κ1) is 8.10. The van der Waals surface area contributed by atoms with Gasteiger partial charge in [-0.05, 0) is 26.0 Å². The summed E-state index contributed by atoms with van der Waals surface area (Å²) in [5, 5.41) is 1.13. The number of pyridine rings is 1. The fourth-order valence-electron chi connectivity index (χ4n) is 1.35. The molecule has 2 aromatic rings. The van der Waals surface area contributed by atoms with E-state index in [0.717, 1.165) is 22.5 Å². The molecule has 3 nitrogen and oxygen atoms in total. The quantitative estimate of drug-likeness (QED) is 0.762. The van der Waals surface area contributed by atoms with Crippen LogP contribution in [-0.4, -0.2) is 16.6 Å². The molecular formula is C10H12N2O. The van der Waals surface area contributed by atoms with Crippen LogP contribution in [0.4, 0.5) is 0 Å². The van der Waals surface area contributed by atoms with Crippen LogP contribution in [0.5, 0.6) is 5.88 Å². The zero-order valence-corrected chi connectivity index (χ0v) is 7.79. The van der Waals surface area contributed by atoms with Gasteiger partial charge in [-0.1, -0.05) is 0 Å². The van der Waals surface area contributed by atoms with Crippen molar-refractivity contribution in [2.75, 3.05) is 6.61 Å². The van der Waals surface area contributed by atoms with Crippen LogP contribution in [0.25, 0.3) is 11.0 Å². The Morgan fingerprint density at radius 3 is 3.15 bits per heavy atom. The van der Waals surface area contributed by atoms with Crippen LogP contribution in [-0.2, 0) is 0 Å². The SMILES string of the molecule is CCOc1nc2[nH]ccc2cc1C. The summed E-state index contributed by atoms with van der Waals surface area (Å²) in [6.45, 7) is 4.62. The van der Waals surface area contributed by atoms with Gasteiger partial charge >= 0.3 is 0 Å². The first-order valence-electron chi connectivity index (χ1n) is 4.39. The molecule has 0 spiro atoms. The molecule has 0 aliphatic heterocycles. The number of ether oxygens (including phenoxy) is 1. The molecule has 0 atom stereocenters. The average Bonchev–Trinajstić information content (AvgIpc) is 2.52. The number of aromatic amines is 1. The second-order valence-electron chi connectivity index (χ2n) is 2.96. The van der Waals surface area contributed by atoms with Crippen LogP contribution in [0.1, 0.15) is 12.5 Å². The second kappa shape index (κ2) is 3.09. The minimum absolute atomic E-state index is 0.653. The third kappa shape index (κ3) is 1.37. The van der Waals surface area contributed by atoms with Gasteiger partial charge in [-0.3, -0.25) is 0 Å². The van der Waals surface area contributed by atoms with E-state index in [1.165, 1.54) is 0 Å². The van der Waals surface area contributed by atoms with Gasteiger partial charge in [0.05, 0.1) is 6.61 Å². The highest BCUT2D eigenvalue weighted by Crippen LogP contribution is 2.20. The molecule has 0 aliphatic rings. The molecule has 3 heteroatoms. The molecule has 1 N–H and O–H groups in total. The zero-order valence-electron chi connectivity index (χ0n) is 7.79. The maximum Gasteiger partial charge on any atom is 0.218 e. The molecule has 0 aromatic carbocycles. The van der Waals surface area contributed by atoms with Gasteiger partial charge in [0, 0.05) is 17.1 Å². The van der Waals surface area contributed by atoms with Crippen molar-refractivity contribution in [2.24, 2.45) is 0 Å². The van der Waals surface area contributed by atoms with E-state index in [1.54, 1.807) is 0 Å². The summed E-state index contributed by atoms with van der Waals surface area (Å²) in [5.41, 5.74) is 1.96. The summed E-state index contributed by atoms with van der Waals surface area (Å²) in [5.74, 6) is 0.720. The fraction of sp³-hybridized carbons (Fsp3) is 0.300. The van der Waals surface area contributed by atoms with Crippen LogP contribution >= 0.6 is 0 Å². The highest BCUT2D eigenvalue weighted by molar-refractivity contribution is 5.76. The Hall–Kier alpha value is -1.51. The predicted molar refractivity (Wildman–Crippen MR) is 52.0 cm³/mol. The molecule has 0 bridgehead atoms. The van der Waals surface area contributed by atoms with Crippen molar-refractivity contribution in [3.8, 4) is 5.88 Å². The van der Waals surface area contributed by atoms with Crippen molar-refractivity contribution in [3.63, 3.8) is 0 Å². The molecule has 2 heterocycles. The summed E-state index contributed by atoms with van der Waals surface area (Å²) in [4.78, 5) is 7.40. The highest BCUT2D eigenvalue weighted by Gasteiger charge is 2.03. The van der Waals surface area contributed by atoms with Gasteiger partial charge in [-0.25, -0.2) is 0 Å². The van der Waals surface area contributed by atoms with Gasteiger partial charge in [0.2, 0.25) is 5.88 Å². The Bertz CT molecular complexity index is 420. The van der Waals surface area contributed by atoms with Gasteiger partial charge in [0.25, 0.3) is 0 Å². The van der Waals surface area contributed by atoms with Crippen LogP contribution in [0.15, 0.2) is 18.3 Å². The number of nitrogens with zero attached hydrogens (tertiary/aromatic N) is 1. The number of rotatable bonds is 2. The minimum Gasteiger partial charge on any atom is -0.478 e. The van der Waals surface area contributed by atoms with Gasteiger partial charge in [0.1, 0.15) is 5.65 Å². The molecule has 2 aromatic heterocycles. The van der Waals surface area contributed by atoms with E-state index in [2.05, 4.69) is 16.0 Å². The van der Waals surface area contributed by atoms with Crippen molar-refractivity contribution >= 4 is 11.0 Å². The molecule has 0 radical (unpaired) electrons. The van der Waals surface area contributed by atoms with Crippen LogP contribution in [0.2, 0.25) is 0 Å². The van der Waals surface area contributed by atoms with Crippen molar-refractivity contribution in [1.82, 2.24) is 9.97 Å². The van der Waals surface area contributed by atoms with E-state index in [1.807, 2.05) is 26.1 Å². The second-order valence-corrected chi connectivity index (χ2v) is 2.96. The topological polar surface area (TPSA) is 37.9 Å². The molecule has 68 valence electrons. The smallest absolute Gasteiger partial charge is 0.218 e. The lowest BCUT2D eigenvalue weighted by Gasteiger charge is -2.04. The number of hydrogen-bond donors (Lipinski definition) is 1. The van der Waals surface area contributed by atoms with Gasteiger partial charge in [0.15, 0.2) is 0 Å².